The lowest BCUT2D eigenvalue weighted by atomic mass is 10.0. The molecule has 1 aliphatic heterocycles. The van der Waals surface area contributed by atoms with Crippen LogP contribution in [0.5, 0.6) is 0 Å². The molecule has 1 aromatic rings. The third-order valence-corrected chi connectivity index (χ3v) is 4.27. The molecule has 0 radical (unpaired) electrons. The molecule has 2 bridgehead atoms. The van der Waals surface area contributed by atoms with Gasteiger partial charge in [0.05, 0.1) is 17.6 Å². The number of ether oxygens (including phenoxy) is 1. The molecule has 124 valence electrons. The molecule has 3 atom stereocenters. The SMILES string of the molecule is CC(C)(C)OC(=O)c1ccc(N2C(=O)[C@@H]3C[C@H]2C[C@H]3O)cc1F. The van der Waals surface area contributed by atoms with Crippen LogP contribution >= 0.6 is 0 Å². The highest BCUT2D eigenvalue weighted by Crippen LogP contribution is 2.41. The van der Waals surface area contributed by atoms with Crippen LogP contribution < -0.4 is 4.90 Å². The summed E-state index contributed by atoms with van der Waals surface area (Å²) in [6.45, 7) is 5.13. The van der Waals surface area contributed by atoms with Crippen molar-refractivity contribution in [2.75, 3.05) is 4.90 Å². The predicted octanol–water partition coefficient (Wildman–Crippen LogP) is 2.27. The average Bonchev–Trinajstić information content (AvgIpc) is 2.92. The lowest BCUT2D eigenvalue weighted by molar-refractivity contribution is -0.124. The van der Waals surface area contributed by atoms with Crippen LogP contribution in [0.2, 0.25) is 0 Å². The maximum Gasteiger partial charge on any atom is 0.341 e. The van der Waals surface area contributed by atoms with Crippen molar-refractivity contribution in [1.82, 2.24) is 0 Å². The number of nitrogens with zero attached hydrogens (tertiary/aromatic N) is 1. The number of esters is 1. The van der Waals surface area contributed by atoms with Crippen LogP contribution in [0, 0.1) is 11.7 Å². The lowest BCUT2D eigenvalue weighted by Gasteiger charge is -2.29. The van der Waals surface area contributed by atoms with E-state index in [9.17, 15) is 19.1 Å². The molecule has 5 nitrogen and oxygen atoms in total. The Morgan fingerprint density at radius 1 is 1.35 bits per heavy atom. The summed E-state index contributed by atoms with van der Waals surface area (Å²) in [5.74, 6) is -2.02. The maximum atomic E-state index is 14.3. The van der Waals surface area contributed by atoms with Gasteiger partial charge in [0.15, 0.2) is 0 Å². The smallest absolute Gasteiger partial charge is 0.341 e. The second-order valence-electron chi connectivity index (χ2n) is 7.17. The highest BCUT2D eigenvalue weighted by Gasteiger charge is 2.50. The van der Waals surface area contributed by atoms with E-state index in [0.29, 0.717) is 18.5 Å². The molecular weight excluding hydrogens is 301 g/mol. The second-order valence-corrected chi connectivity index (χ2v) is 7.17. The minimum absolute atomic E-state index is 0.103. The van der Waals surface area contributed by atoms with Gasteiger partial charge in [0.25, 0.3) is 0 Å². The summed E-state index contributed by atoms with van der Waals surface area (Å²) in [4.78, 5) is 25.7. The number of carbonyl (C=O) groups is 2. The van der Waals surface area contributed by atoms with Gasteiger partial charge >= 0.3 is 5.97 Å². The van der Waals surface area contributed by atoms with Crippen molar-refractivity contribution < 1.29 is 23.8 Å². The van der Waals surface area contributed by atoms with Gasteiger partial charge in [-0.05, 0) is 51.8 Å². The molecule has 1 aromatic carbocycles. The van der Waals surface area contributed by atoms with E-state index in [4.69, 9.17) is 4.74 Å². The number of benzene rings is 1. The fourth-order valence-electron chi connectivity index (χ4n) is 3.31. The molecular formula is C17H20FNO4. The number of fused-ring (bicyclic) bond motifs is 2. The topological polar surface area (TPSA) is 66.8 Å². The zero-order valence-electron chi connectivity index (χ0n) is 13.4. The Balaban J connectivity index is 1.83. The zero-order chi connectivity index (χ0) is 16.9. The van der Waals surface area contributed by atoms with E-state index < -0.39 is 29.4 Å². The van der Waals surface area contributed by atoms with Crippen LogP contribution in [0.4, 0.5) is 10.1 Å². The Bertz CT molecular complexity index is 667. The van der Waals surface area contributed by atoms with Gasteiger partial charge in [-0.1, -0.05) is 0 Å². The van der Waals surface area contributed by atoms with E-state index in [0.717, 1.165) is 0 Å². The molecule has 1 saturated carbocycles. The van der Waals surface area contributed by atoms with Crippen LogP contribution in [0.25, 0.3) is 0 Å². The summed E-state index contributed by atoms with van der Waals surface area (Å²) in [7, 11) is 0. The normalized spacial score (nSPS) is 26.7. The Morgan fingerprint density at radius 3 is 2.57 bits per heavy atom. The quantitative estimate of drug-likeness (QED) is 0.849. The molecule has 1 aliphatic carbocycles. The molecule has 0 aromatic heterocycles. The highest BCUT2D eigenvalue weighted by molar-refractivity contribution is 6.00. The van der Waals surface area contributed by atoms with E-state index in [1.54, 1.807) is 26.8 Å². The fraction of sp³-hybridized carbons (Fsp3) is 0.529. The first-order chi connectivity index (χ1) is 10.7. The molecule has 3 rings (SSSR count). The number of aliphatic hydroxyl groups is 1. The molecule has 1 saturated heterocycles. The molecule has 2 aliphatic rings. The number of carbonyl (C=O) groups excluding carboxylic acids is 2. The van der Waals surface area contributed by atoms with Crippen molar-refractivity contribution in [3.63, 3.8) is 0 Å². The van der Waals surface area contributed by atoms with E-state index in [-0.39, 0.29) is 17.5 Å². The molecule has 1 N–H and O–H groups in total. The van der Waals surface area contributed by atoms with Gasteiger partial charge in [0.1, 0.15) is 11.4 Å². The first kappa shape index (κ1) is 15.9. The van der Waals surface area contributed by atoms with Crippen molar-refractivity contribution in [3.05, 3.63) is 29.6 Å². The predicted molar refractivity (Wildman–Crippen MR) is 81.6 cm³/mol. The van der Waals surface area contributed by atoms with Gasteiger partial charge < -0.3 is 14.7 Å². The van der Waals surface area contributed by atoms with Gasteiger partial charge in [0.2, 0.25) is 5.91 Å². The average molecular weight is 321 g/mol. The van der Waals surface area contributed by atoms with Gasteiger partial charge in [-0.15, -0.1) is 0 Å². The first-order valence-electron chi connectivity index (χ1n) is 7.71. The maximum absolute atomic E-state index is 14.3. The van der Waals surface area contributed by atoms with Gasteiger partial charge in [-0.3, -0.25) is 4.79 Å². The van der Waals surface area contributed by atoms with Crippen molar-refractivity contribution in [1.29, 1.82) is 0 Å². The summed E-state index contributed by atoms with van der Waals surface area (Å²) in [5, 5.41) is 9.75. The molecule has 1 amide bonds. The fourth-order valence-corrected chi connectivity index (χ4v) is 3.31. The molecule has 2 fully saturated rings. The molecule has 6 heteroatoms. The van der Waals surface area contributed by atoms with Gasteiger partial charge in [-0.25, -0.2) is 9.18 Å². The van der Waals surface area contributed by atoms with Gasteiger partial charge in [0, 0.05) is 11.7 Å². The van der Waals surface area contributed by atoms with E-state index in [1.165, 1.54) is 17.0 Å². The number of hydrogen-bond acceptors (Lipinski definition) is 4. The first-order valence-corrected chi connectivity index (χ1v) is 7.71. The Morgan fingerprint density at radius 2 is 2.04 bits per heavy atom. The van der Waals surface area contributed by atoms with Crippen molar-refractivity contribution >= 4 is 17.6 Å². The third kappa shape index (κ3) is 2.83. The molecule has 0 spiro atoms. The van der Waals surface area contributed by atoms with Crippen LogP contribution in [-0.2, 0) is 9.53 Å². The van der Waals surface area contributed by atoms with Crippen molar-refractivity contribution in [3.8, 4) is 0 Å². The Labute approximate surface area is 134 Å². The third-order valence-electron chi connectivity index (χ3n) is 4.27. The summed E-state index contributed by atoms with van der Waals surface area (Å²) in [6, 6.07) is 3.97. The zero-order valence-corrected chi connectivity index (χ0v) is 13.4. The summed E-state index contributed by atoms with van der Waals surface area (Å²) < 4.78 is 19.4. The lowest BCUT2D eigenvalue weighted by Crippen LogP contribution is -2.42. The molecule has 23 heavy (non-hydrogen) atoms. The number of aliphatic hydroxyl groups excluding tert-OH is 1. The summed E-state index contributed by atoms with van der Waals surface area (Å²) >= 11 is 0. The number of halogens is 1. The van der Waals surface area contributed by atoms with Crippen LogP contribution in [0.1, 0.15) is 44.0 Å². The summed E-state index contributed by atoms with van der Waals surface area (Å²) in [6.07, 6.45) is 0.496. The minimum atomic E-state index is -0.730. The largest absolute Gasteiger partial charge is 0.456 e. The minimum Gasteiger partial charge on any atom is -0.456 e. The van der Waals surface area contributed by atoms with Crippen LogP contribution in [-0.4, -0.2) is 34.7 Å². The van der Waals surface area contributed by atoms with E-state index in [1.807, 2.05) is 0 Å². The summed E-state index contributed by atoms with van der Waals surface area (Å²) in [5.41, 5.74) is -0.442. The van der Waals surface area contributed by atoms with Crippen molar-refractivity contribution in [2.24, 2.45) is 5.92 Å². The van der Waals surface area contributed by atoms with Crippen LogP contribution in [0.15, 0.2) is 18.2 Å². The highest BCUT2D eigenvalue weighted by atomic mass is 19.1. The Hall–Kier alpha value is -1.95. The molecule has 0 unspecified atom stereocenters. The number of piperidine rings is 1. The number of anilines is 1. The van der Waals surface area contributed by atoms with Gasteiger partial charge in [-0.2, -0.15) is 0 Å². The number of rotatable bonds is 2. The van der Waals surface area contributed by atoms with E-state index >= 15 is 0 Å². The number of hydrogen-bond donors (Lipinski definition) is 1. The van der Waals surface area contributed by atoms with Crippen LogP contribution in [0.3, 0.4) is 0 Å². The standard InChI is InChI=1S/C17H20FNO4/c1-17(2,3)23-16(22)11-5-4-9(7-13(11)18)19-10-6-12(15(19)21)14(20)8-10/h4-5,7,10,12,14,20H,6,8H2,1-3H3/t10-,12+,14+/m0/s1. The monoisotopic (exact) mass is 321 g/mol. The second kappa shape index (κ2) is 5.30. The Kier molecular flexibility index (Phi) is 3.67. The van der Waals surface area contributed by atoms with Crippen molar-refractivity contribution in [2.45, 2.75) is 51.4 Å². The van der Waals surface area contributed by atoms with E-state index in [2.05, 4.69) is 0 Å². The number of amides is 1. The molecule has 1 heterocycles.